The van der Waals surface area contributed by atoms with Crippen molar-refractivity contribution < 1.29 is 19.7 Å². The lowest BCUT2D eigenvalue weighted by Gasteiger charge is -2.21. The summed E-state index contributed by atoms with van der Waals surface area (Å²) >= 11 is 0. The molecule has 0 aliphatic rings. The van der Waals surface area contributed by atoms with Gasteiger partial charge in [0, 0.05) is 66.0 Å². The van der Waals surface area contributed by atoms with Crippen LogP contribution in [-0.2, 0) is 21.7 Å². The monoisotopic (exact) mass is 939 g/mol. The number of para-hydroxylation sites is 2. The summed E-state index contributed by atoms with van der Waals surface area (Å²) in [5, 5.41) is 28.8. The molecule has 2 heterocycles. The Morgan fingerprint density at radius 2 is 0.690 bits per heavy atom. The maximum Gasteiger partial charge on any atom is 0.230 e. The molecule has 0 unspecified atom stereocenters. The van der Waals surface area contributed by atoms with Gasteiger partial charge in [-0.25, -0.2) is 0 Å². The van der Waals surface area contributed by atoms with E-state index in [4.69, 9.17) is 9.47 Å². The maximum atomic E-state index is 12.0. The number of hydrogen-bond donors (Lipinski definition) is 4. The number of phenols is 2. The number of phenolic OH excluding ortho intramolecular Hbond substituents is 2. The first-order chi connectivity index (χ1) is 33.5. The Balaban J connectivity index is 0.867. The van der Waals surface area contributed by atoms with E-state index in [1.165, 1.54) is 33.0 Å². The molecule has 6 heteroatoms. The minimum Gasteiger partial charge on any atom is -0.507 e. The average molecular weight is 939 g/mol. The van der Waals surface area contributed by atoms with E-state index in [0.29, 0.717) is 11.5 Å². The summed E-state index contributed by atoms with van der Waals surface area (Å²) in [5.41, 5.74) is 15.7. The van der Waals surface area contributed by atoms with E-state index in [9.17, 15) is 10.2 Å². The van der Waals surface area contributed by atoms with E-state index in [0.717, 1.165) is 77.3 Å². The minimum absolute atomic E-state index is 0.00386. The largest absolute Gasteiger partial charge is 0.507 e. The SMILES string of the molecule is CC(C)(C)c1ccc2[nH]c3c(-c4cccc(-c5ccc(OCOc6ccc(-c7cccc(-c8cc(C(C)(C)C)cc9c8[nH]c8ccc(C(C)(C)C)cc89)c7O)cc6)cc5)c4O)cc(C(C)(C)C)cc3c2c1. The first-order valence-electron chi connectivity index (χ1n) is 24.8. The number of rotatable bonds is 8. The van der Waals surface area contributed by atoms with E-state index >= 15 is 0 Å². The molecule has 8 aromatic carbocycles. The summed E-state index contributed by atoms with van der Waals surface area (Å²) in [7, 11) is 0. The van der Waals surface area contributed by atoms with Gasteiger partial charge in [-0.1, -0.05) is 156 Å². The highest BCUT2D eigenvalue weighted by Crippen LogP contribution is 2.47. The zero-order valence-electron chi connectivity index (χ0n) is 43.3. The van der Waals surface area contributed by atoms with Crippen molar-refractivity contribution in [3.05, 3.63) is 168 Å². The molecule has 71 heavy (non-hydrogen) atoms. The number of nitrogens with one attached hydrogen (secondary N) is 2. The van der Waals surface area contributed by atoms with Crippen molar-refractivity contribution in [2.45, 2.75) is 105 Å². The van der Waals surface area contributed by atoms with Gasteiger partial charge in [-0.2, -0.15) is 0 Å². The van der Waals surface area contributed by atoms with E-state index in [1.54, 1.807) is 0 Å². The van der Waals surface area contributed by atoms with Crippen molar-refractivity contribution in [2.75, 3.05) is 6.79 Å². The summed E-state index contributed by atoms with van der Waals surface area (Å²) in [6, 6.07) is 49.9. The molecule has 2 aromatic heterocycles. The summed E-state index contributed by atoms with van der Waals surface area (Å²) in [6.07, 6.45) is 0. The van der Waals surface area contributed by atoms with Gasteiger partial charge in [-0.3, -0.25) is 0 Å². The zero-order valence-corrected chi connectivity index (χ0v) is 43.3. The third-order valence-corrected chi connectivity index (χ3v) is 14.3. The second-order valence-corrected chi connectivity index (χ2v) is 23.5. The van der Waals surface area contributed by atoms with Crippen LogP contribution in [0.5, 0.6) is 23.0 Å². The lowest BCUT2D eigenvalue weighted by molar-refractivity contribution is 0.120. The fourth-order valence-corrected chi connectivity index (χ4v) is 9.84. The molecule has 0 saturated carbocycles. The molecule has 0 aliphatic heterocycles. The van der Waals surface area contributed by atoms with Crippen molar-refractivity contribution in [2.24, 2.45) is 0 Å². The number of fused-ring (bicyclic) bond motifs is 6. The fourth-order valence-electron chi connectivity index (χ4n) is 9.84. The lowest BCUT2D eigenvalue weighted by atomic mass is 9.83. The molecule has 4 N–H and O–H groups in total. The molecule has 6 nitrogen and oxygen atoms in total. The minimum atomic E-state index is -0.105. The van der Waals surface area contributed by atoms with Gasteiger partial charge in [0.1, 0.15) is 23.0 Å². The molecular weight excluding hydrogens is 873 g/mol. The van der Waals surface area contributed by atoms with Crippen molar-refractivity contribution in [1.29, 1.82) is 0 Å². The summed E-state index contributed by atoms with van der Waals surface area (Å²) in [5.74, 6) is 1.74. The van der Waals surface area contributed by atoms with Crippen molar-refractivity contribution in [1.82, 2.24) is 9.97 Å². The van der Waals surface area contributed by atoms with E-state index < -0.39 is 0 Å². The van der Waals surface area contributed by atoms with Gasteiger partial charge in [0.05, 0.1) is 11.0 Å². The molecular formula is C65H66N2O4. The van der Waals surface area contributed by atoms with Gasteiger partial charge in [-0.05, 0) is 128 Å². The van der Waals surface area contributed by atoms with Crippen LogP contribution in [0, 0.1) is 0 Å². The Morgan fingerprint density at radius 1 is 0.352 bits per heavy atom. The third kappa shape index (κ3) is 8.90. The molecule has 360 valence electrons. The predicted octanol–water partition coefficient (Wildman–Crippen LogP) is 17.6. The molecule has 0 fully saturated rings. The Kier molecular flexibility index (Phi) is 11.4. The normalized spacial score (nSPS) is 12.7. The Morgan fingerprint density at radius 3 is 1.04 bits per heavy atom. The van der Waals surface area contributed by atoms with E-state index in [1.807, 2.05) is 84.9 Å². The Labute approximate surface area is 418 Å². The lowest BCUT2D eigenvalue weighted by Crippen LogP contribution is -2.11. The van der Waals surface area contributed by atoms with Crippen molar-refractivity contribution in [3.63, 3.8) is 0 Å². The van der Waals surface area contributed by atoms with Crippen LogP contribution in [0.2, 0.25) is 0 Å². The summed E-state index contributed by atoms with van der Waals surface area (Å²) in [6.45, 7) is 26.9. The number of hydrogen-bond acceptors (Lipinski definition) is 4. The summed E-state index contributed by atoms with van der Waals surface area (Å²) < 4.78 is 12.1. The van der Waals surface area contributed by atoms with E-state index in [2.05, 4.69) is 154 Å². The molecule has 0 atom stereocenters. The van der Waals surface area contributed by atoms with Gasteiger partial charge >= 0.3 is 0 Å². The molecule has 10 aromatic rings. The number of ether oxygens (including phenoxy) is 2. The predicted molar refractivity (Wildman–Crippen MR) is 298 cm³/mol. The van der Waals surface area contributed by atoms with Gasteiger partial charge in [-0.15, -0.1) is 0 Å². The van der Waals surface area contributed by atoms with E-state index in [-0.39, 0.29) is 40.0 Å². The fraction of sp³-hybridized carbons (Fsp3) is 0.262. The molecule has 0 amide bonds. The quantitative estimate of drug-likeness (QED) is 0.114. The number of benzene rings is 8. The van der Waals surface area contributed by atoms with Crippen LogP contribution in [0.15, 0.2) is 146 Å². The molecule has 0 spiro atoms. The van der Waals surface area contributed by atoms with Gasteiger partial charge in [0.15, 0.2) is 0 Å². The third-order valence-electron chi connectivity index (χ3n) is 14.3. The van der Waals surface area contributed by atoms with Crippen molar-refractivity contribution >= 4 is 43.6 Å². The molecule has 0 bridgehead atoms. The van der Waals surface area contributed by atoms with Crippen LogP contribution in [0.1, 0.15) is 105 Å². The Hall–Kier alpha value is -7.44. The van der Waals surface area contributed by atoms with Crippen LogP contribution in [0.3, 0.4) is 0 Å². The molecule has 0 saturated heterocycles. The highest BCUT2D eigenvalue weighted by Gasteiger charge is 2.25. The second-order valence-electron chi connectivity index (χ2n) is 23.5. The van der Waals surface area contributed by atoms with Crippen LogP contribution in [0.25, 0.3) is 88.1 Å². The van der Waals surface area contributed by atoms with Crippen LogP contribution >= 0.6 is 0 Å². The smallest absolute Gasteiger partial charge is 0.230 e. The maximum absolute atomic E-state index is 12.0. The standard InChI is InChI=1S/C65H66N2O4/c1-62(2,3)40-23-29-56-50(31-40)54-35-42(64(7,8)9)33-52(58(54)66-56)48-17-13-15-46(60(48)68)38-19-25-44(26-20-38)70-37-71-45-27-21-39(22-28-45)47-16-14-18-49(61(47)69)53-34-43(65(10,11)12)36-55-51-32-41(63(4,5)6)24-30-57(51)67-59(53)55/h13-36,66-69H,37H2,1-12H3. The first-order valence-corrected chi connectivity index (χ1v) is 24.8. The van der Waals surface area contributed by atoms with Gasteiger partial charge in [0.25, 0.3) is 0 Å². The van der Waals surface area contributed by atoms with Crippen LogP contribution < -0.4 is 9.47 Å². The highest BCUT2D eigenvalue weighted by atomic mass is 16.7. The van der Waals surface area contributed by atoms with Gasteiger partial charge < -0.3 is 29.7 Å². The van der Waals surface area contributed by atoms with Gasteiger partial charge in [0.2, 0.25) is 6.79 Å². The second kappa shape index (κ2) is 17.2. The summed E-state index contributed by atoms with van der Waals surface area (Å²) in [4.78, 5) is 7.43. The molecule has 10 rings (SSSR count). The van der Waals surface area contributed by atoms with Crippen LogP contribution in [-0.4, -0.2) is 27.0 Å². The molecule has 0 radical (unpaired) electrons. The average Bonchev–Trinajstić information content (AvgIpc) is 3.89. The van der Waals surface area contributed by atoms with Crippen LogP contribution in [0.4, 0.5) is 0 Å². The van der Waals surface area contributed by atoms with Crippen molar-refractivity contribution in [3.8, 4) is 67.5 Å². The Bertz CT molecular complexity index is 3410. The number of aromatic nitrogens is 2. The first kappa shape index (κ1) is 47.2. The topological polar surface area (TPSA) is 90.5 Å². The molecule has 0 aliphatic carbocycles. The number of aromatic amines is 2. The number of H-pyrrole nitrogens is 2. The number of aromatic hydroxyl groups is 2. The zero-order chi connectivity index (χ0) is 50.4. The highest BCUT2D eigenvalue weighted by molar-refractivity contribution is 6.14.